The molecule has 3 rings (SSSR count). The average molecular weight is 810 g/mol. The van der Waals surface area contributed by atoms with E-state index in [4.69, 9.17) is 19.3 Å². The summed E-state index contributed by atoms with van der Waals surface area (Å²) in [7, 11) is 3.23. The molecule has 0 fully saturated rings. The minimum atomic E-state index is -1.14. The number of thioether (sulfide) groups is 1. The number of carbonyl (C=O) groups excluding carboxylic acids is 3. The van der Waals surface area contributed by atoms with Crippen molar-refractivity contribution in [2.24, 2.45) is 5.10 Å². The first-order chi connectivity index (χ1) is 25.5. The van der Waals surface area contributed by atoms with E-state index >= 15 is 4.39 Å². The van der Waals surface area contributed by atoms with Crippen molar-refractivity contribution in [2.75, 3.05) is 33.9 Å². The molecule has 1 heterocycles. The molecule has 2 aromatic rings. The van der Waals surface area contributed by atoms with E-state index in [2.05, 4.69) is 15.7 Å². The van der Waals surface area contributed by atoms with E-state index in [-0.39, 0.29) is 49.0 Å². The lowest BCUT2D eigenvalue weighted by atomic mass is 9.98. The monoisotopic (exact) mass is 809 g/mol. The van der Waals surface area contributed by atoms with Crippen LogP contribution in [0.4, 0.5) is 23.2 Å². The number of ether oxygens (including phenoxy) is 3. The number of alkyl carbamates (subject to hydrolysis) is 2. The summed E-state index contributed by atoms with van der Waals surface area (Å²) >= 11 is 1.18. The maximum atomic E-state index is 15.1. The zero-order valence-corrected chi connectivity index (χ0v) is 35.1. The second kappa shape index (κ2) is 22.1. The molecule has 15 heteroatoms. The normalized spacial score (nSPS) is 16.0. The first-order valence-corrected chi connectivity index (χ1v) is 19.3. The van der Waals surface area contributed by atoms with Crippen LogP contribution in [0.3, 0.4) is 0 Å². The quantitative estimate of drug-likeness (QED) is 0.161. The Kier molecular flexibility index (Phi) is 19.8. The largest absolute Gasteiger partial charge is 0.444 e. The van der Waals surface area contributed by atoms with Crippen LogP contribution in [0.25, 0.3) is 0 Å². The summed E-state index contributed by atoms with van der Waals surface area (Å²) in [6, 6.07) is 12.0. The van der Waals surface area contributed by atoms with Gasteiger partial charge in [0.15, 0.2) is 0 Å². The third-order valence-electron chi connectivity index (χ3n) is 8.41. The number of nitrogens with zero attached hydrogens (tertiary/aromatic N) is 3. The molecule has 0 spiro atoms. The highest BCUT2D eigenvalue weighted by molar-refractivity contribution is 8.15. The number of carbonyl (C=O) groups is 3. The van der Waals surface area contributed by atoms with Crippen molar-refractivity contribution < 1.29 is 42.5 Å². The maximum absolute atomic E-state index is 15.1. The lowest BCUT2D eigenvalue weighted by Gasteiger charge is -2.42. The smallest absolute Gasteiger partial charge is 0.407 e. The van der Waals surface area contributed by atoms with Crippen LogP contribution in [0, 0.1) is 11.6 Å². The summed E-state index contributed by atoms with van der Waals surface area (Å²) in [5, 5.41) is 20.4. The SMILES string of the molecule is C.CC(CCCO)OCCC(C)(C)N(C)C(=O)N1N=C(c2cc(F)ccc2F)S[C@@]1(CCCNC(=O)OC(C)(C)C)c1ccccc1.CNC(=O)OC(C)(C)C. The molecule has 0 radical (unpaired) electrons. The minimum absolute atomic E-state index is 0. The summed E-state index contributed by atoms with van der Waals surface area (Å²) in [4.78, 5) is 37.7. The number of hydrazone groups is 1. The highest BCUT2D eigenvalue weighted by Gasteiger charge is 2.50. The molecule has 56 heavy (non-hydrogen) atoms. The van der Waals surface area contributed by atoms with E-state index in [0.29, 0.717) is 32.3 Å². The number of aliphatic hydroxyl groups excluding tert-OH is 1. The van der Waals surface area contributed by atoms with Crippen molar-refractivity contribution in [2.45, 2.75) is 130 Å². The predicted molar refractivity (Wildman–Crippen MR) is 220 cm³/mol. The molecule has 2 atom stereocenters. The lowest BCUT2D eigenvalue weighted by molar-refractivity contribution is 0.0260. The van der Waals surface area contributed by atoms with Crippen molar-refractivity contribution in [1.82, 2.24) is 20.5 Å². The fraction of sp³-hybridized carbons (Fsp3) is 0.610. The minimum Gasteiger partial charge on any atom is -0.444 e. The molecule has 2 aromatic carbocycles. The molecule has 1 unspecified atom stereocenters. The van der Waals surface area contributed by atoms with Gasteiger partial charge < -0.3 is 34.9 Å². The molecule has 0 saturated heterocycles. The van der Waals surface area contributed by atoms with Gasteiger partial charge in [-0.1, -0.05) is 49.5 Å². The van der Waals surface area contributed by atoms with Gasteiger partial charge in [0, 0.05) is 45.0 Å². The van der Waals surface area contributed by atoms with E-state index in [1.165, 1.54) is 23.8 Å². The Morgan fingerprint density at radius 3 is 2.12 bits per heavy atom. The van der Waals surface area contributed by atoms with Crippen molar-refractivity contribution >= 4 is 35.0 Å². The third-order valence-corrected chi connectivity index (χ3v) is 9.85. The van der Waals surface area contributed by atoms with Crippen LogP contribution in [0.5, 0.6) is 0 Å². The van der Waals surface area contributed by atoms with E-state index in [1.807, 2.05) is 71.9 Å². The Morgan fingerprint density at radius 2 is 1.57 bits per heavy atom. The lowest BCUT2D eigenvalue weighted by Crippen LogP contribution is -2.54. The van der Waals surface area contributed by atoms with Gasteiger partial charge in [0.25, 0.3) is 0 Å². The van der Waals surface area contributed by atoms with Crippen molar-refractivity contribution in [3.8, 4) is 0 Å². The third kappa shape index (κ3) is 15.9. The van der Waals surface area contributed by atoms with Gasteiger partial charge in [-0.2, -0.15) is 10.1 Å². The molecular weight excluding hydrogens is 745 g/mol. The number of hydrogen-bond donors (Lipinski definition) is 3. The zero-order chi connectivity index (χ0) is 41.6. The number of amides is 4. The van der Waals surface area contributed by atoms with Crippen LogP contribution < -0.4 is 10.6 Å². The second-order valence-corrected chi connectivity index (χ2v) is 17.1. The molecular formula is C41H65F2N5O7S. The fourth-order valence-corrected chi connectivity index (χ4v) is 6.66. The Bertz CT molecular complexity index is 1580. The van der Waals surface area contributed by atoms with Crippen LogP contribution in [0.1, 0.15) is 113 Å². The second-order valence-electron chi connectivity index (χ2n) is 15.8. The summed E-state index contributed by atoms with van der Waals surface area (Å²) < 4.78 is 45.6. The van der Waals surface area contributed by atoms with E-state index in [0.717, 1.165) is 30.2 Å². The molecule has 0 bridgehead atoms. The van der Waals surface area contributed by atoms with Crippen molar-refractivity contribution in [1.29, 1.82) is 0 Å². The zero-order valence-electron chi connectivity index (χ0n) is 34.3. The van der Waals surface area contributed by atoms with Gasteiger partial charge in [0.1, 0.15) is 32.8 Å². The molecule has 0 saturated carbocycles. The van der Waals surface area contributed by atoms with Crippen molar-refractivity contribution in [3.63, 3.8) is 0 Å². The van der Waals surface area contributed by atoms with Gasteiger partial charge in [-0.15, -0.1) is 0 Å². The number of nitrogens with one attached hydrogen (secondary N) is 2. The molecule has 4 amide bonds. The Hall–Kier alpha value is -3.95. The van der Waals surface area contributed by atoms with Crippen LogP contribution in [-0.2, 0) is 19.1 Å². The van der Waals surface area contributed by atoms with Crippen LogP contribution in [0.15, 0.2) is 53.6 Å². The first kappa shape index (κ1) is 50.1. The Labute approximate surface area is 337 Å². The van der Waals surface area contributed by atoms with Gasteiger partial charge in [0.05, 0.1) is 6.10 Å². The standard InChI is InChI=1S/C34H48F2N4O5S.C6H13NO2.CH4/c1-24(13-11-21-41)44-22-19-33(5,6)39(7)31(43)40-34(25-14-9-8-10-15-25,18-12-20-37-30(42)45-32(2,3)4)46-29(38-40)27-23-26(35)16-17-28(27)36;1-6(2,3)9-5(8)7-4;/h8-10,14-17,23-24,41H,11-13,18-22H2,1-7H3,(H,37,42);1-4H3,(H,7,8);1H4/t24?,34-;;/m0../s1. The molecule has 0 aliphatic carbocycles. The number of hydrogen-bond acceptors (Lipinski definition) is 9. The summed E-state index contributed by atoms with van der Waals surface area (Å²) in [5.74, 6) is -1.28. The Balaban J connectivity index is 0.00000139. The molecule has 3 N–H and O–H groups in total. The first-order valence-electron chi connectivity index (χ1n) is 18.5. The Morgan fingerprint density at radius 1 is 0.964 bits per heavy atom. The topological polar surface area (TPSA) is 142 Å². The van der Waals surface area contributed by atoms with Crippen molar-refractivity contribution in [3.05, 3.63) is 71.3 Å². The van der Waals surface area contributed by atoms with Crippen LogP contribution in [0.2, 0.25) is 0 Å². The van der Waals surface area contributed by atoms with Gasteiger partial charge in [0.2, 0.25) is 0 Å². The maximum Gasteiger partial charge on any atom is 0.407 e. The average Bonchev–Trinajstić information content (AvgIpc) is 3.49. The van der Waals surface area contributed by atoms with Gasteiger partial charge in [-0.05, 0) is 118 Å². The number of aliphatic hydroxyl groups is 1. The summed E-state index contributed by atoms with van der Waals surface area (Å²) in [6.45, 7) is 17.4. The number of halogens is 2. The molecule has 1 aliphatic heterocycles. The molecule has 12 nitrogen and oxygen atoms in total. The predicted octanol–water partition coefficient (Wildman–Crippen LogP) is 9.01. The van der Waals surface area contributed by atoms with Gasteiger partial charge in [-0.3, -0.25) is 0 Å². The highest BCUT2D eigenvalue weighted by Crippen LogP contribution is 2.51. The van der Waals surface area contributed by atoms with E-state index in [1.54, 1.807) is 32.7 Å². The highest BCUT2D eigenvalue weighted by atomic mass is 32.2. The van der Waals surface area contributed by atoms with Gasteiger partial charge in [-0.25, -0.2) is 23.2 Å². The fourth-order valence-electron chi connectivity index (χ4n) is 5.25. The van der Waals surface area contributed by atoms with Gasteiger partial charge >= 0.3 is 18.2 Å². The molecule has 0 aromatic heterocycles. The summed E-state index contributed by atoms with van der Waals surface area (Å²) in [5.41, 5.74) is -1.01. The molecule has 316 valence electrons. The molecule has 1 aliphatic rings. The number of benzene rings is 2. The number of rotatable bonds is 14. The van der Waals surface area contributed by atoms with Crippen LogP contribution >= 0.6 is 11.8 Å². The van der Waals surface area contributed by atoms with E-state index < -0.39 is 39.8 Å². The summed E-state index contributed by atoms with van der Waals surface area (Å²) in [6.07, 6.45) is 1.67. The van der Waals surface area contributed by atoms with Crippen LogP contribution in [-0.4, -0.2) is 95.0 Å². The van der Waals surface area contributed by atoms with E-state index in [9.17, 15) is 18.8 Å². The number of urea groups is 1.